The van der Waals surface area contributed by atoms with Crippen molar-refractivity contribution in [1.29, 1.82) is 0 Å². The summed E-state index contributed by atoms with van der Waals surface area (Å²) in [4.78, 5) is 45.3. The molecular weight excluding hydrogens is 789 g/mol. The molecule has 0 saturated carbocycles. The monoisotopic (exact) mass is 834 g/mol. The molecule has 6 rings (SSSR count). The van der Waals surface area contributed by atoms with Crippen LogP contribution in [0.2, 0.25) is 0 Å². The molecule has 0 unspecified atom stereocenters. The van der Waals surface area contributed by atoms with Crippen molar-refractivity contribution in [2.24, 2.45) is 22.9 Å². The van der Waals surface area contributed by atoms with Crippen molar-refractivity contribution in [1.82, 2.24) is 30.1 Å². The summed E-state index contributed by atoms with van der Waals surface area (Å²) >= 11 is 0. The summed E-state index contributed by atoms with van der Waals surface area (Å²) in [7, 11) is 1.41. The first-order chi connectivity index (χ1) is 25.7. The van der Waals surface area contributed by atoms with Crippen LogP contribution in [0.1, 0.15) is 71.4 Å². The molecule has 308 valence electrons. The van der Waals surface area contributed by atoms with E-state index in [1.165, 1.54) is 25.4 Å². The lowest BCUT2D eigenvalue weighted by atomic mass is 9.87. The number of carbonyl (C=O) groups excluding carboxylic acids is 2. The molecule has 3 aliphatic heterocycles. The summed E-state index contributed by atoms with van der Waals surface area (Å²) in [5.74, 6) is 0.452. The Labute approximate surface area is 333 Å². The molecule has 19 heteroatoms. The van der Waals surface area contributed by atoms with Crippen LogP contribution in [0.3, 0.4) is 0 Å². The van der Waals surface area contributed by atoms with Crippen molar-refractivity contribution in [3.63, 3.8) is 0 Å². The van der Waals surface area contributed by atoms with Crippen LogP contribution in [0, 0.1) is 17.8 Å². The number of alkyl halides is 6. The van der Waals surface area contributed by atoms with E-state index in [-0.39, 0.29) is 59.8 Å². The number of Topliss-reactive ketones (excluding diaryl/α,β-unsaturated/α-hetero) is 1. The van der Waals surface area contributed by atoms with E-state index >= 15 is 0 Å². The molecule has 11 nitrogen and oxygen atoms in total. The van der Waals surface area contributed by atoms with Crippen LogP contribution < -0.4 is 11.1 Å². The van der Waals surface area contributed by atoms with E-state index in [9.17, 15) is 35.9 Å². The molecule has 3 aromatic heterocycles. The Bertz CT molecular complexity index is 1730. The van der Waals surface area contributed by atoms with E-state index in [1.807, 2.05) is 17.0 Å². The summed E-state index contributed by atoms with van der Waals surface area (Å²) in [6.45, 7) is 5.18. The number of likely N-dealkylation sites (tertiary alicyclic amines) is 2. The number of carbonyl (C=O) groups is 2. The zero-order valence-electron chi connectivity index (χ0n) is 30.7. The lowest BCUT2D eigenvalue weighted by molar-refractivity contribution is -0.142. The molecule has 3 fully saturated rings. The zero-order valence-corrected chi connectivity index (χ0v) is 32.3. The number of rotatable bonds is 8. The predicted octanol–water partition coefficient (Wildman–Crippen LogP) is 6.71. The number of amides is 1. The summed E-state index contributed by atoms with van der Waals surface area (Å²) in [5.41, 5.74) is 6.30. The molecule has 3 aliphatic rings. The van der Waals surface area contributed by atoms with Gasteiger partial charge in [0.2, 0.25) is 5.91 Å². The van der Waals surface area contributed by atoms with Gasteiger partial charge in [-0.05, 0) is 107 Å². The number of aromatic nitrogens is 3. The highest BCUT2D eigenvalue weighted by Crippen LogP contribution is 2.31. The molecule has 0 bridgehead atoms. The largest absolute Gasteiger partial charge is 0.433 e. The minimum Gasteiger partial charge on any atom is -0.399 e. The Morgan fingerprint density at radius 1 is 0.786 bits per heavy atom. The summed E-state index contributed by atoms with van der Waals surface area (Å²) in [6, 6.07) is 8.23. The topological polar surface area (TPSA) is 139 Å². The second-order valence-corrected chi connectivity index (χ2v) is 13.6. The molecule has 1 amide bonds. The van der Waals surface area contributed by atoms with Crippen molar-refractivity contribution in [2.45, 2.75) is 57.4 Å². The standard InChI is InChI=1S/C25H31F3N6O2.C12H13F3N2O.2ClH/c1-36-32-23(20-2-3-21(31-15-20)25(26,27)28)18-7-12-34(13-8-18)24(35)19-5-10-33(11-6-19)16-17-4-9-30-22(29)14-17;13-12(14,15)10-2-1-9(7-17-10)11(18)8-3-5-16-6-4-8;;/h2-4,9,14-15,18-19H,5-8,10-13,16H2,1H3,(H2,29,30);1-2,7-8,16H,3-6H2;2*1H. The Kier molecular flexibility index (Phi) is 17.3. The third kappa shape index (κ3) is 12.7. The minimum atomic E-state index is -4.49. The first kappa shape index (κ1) is 46.3. The van der Waals surface area contributed by atoms with Crippen LogP contribution in [0.15, 0.2) is 60.1 Å². The number of anilines is 1. The number of nitrogen functional groups attached to an aromatic ring is 1. The number of piperidine rings is 3. The molecule has 3 N–H and O–H groups in total. The number of ketones is 1. The van der Waals surface area contributed by atoms with Gasteiger partial charge in [0.1, 0.15) is 24.3 Å². The molecule has 0 aliphatic carbocycles. The summed E-state index contributed by atoms with van der Waals surface area (Å²) in [6.07, 6.45) is -0.642. The summed E-state index contributed by atoms with van der Waals surface area (Å²) < 4.78 is 75.6. The third-order valence-electron chi connectivity index (χ3n) is 9.97. The van der Waals surface area contributed by atoms with Gasteiger partial charge in [-0.2, -0.15) is 26.3 Å². The molecular formula is C37H46Cl2F6N8O3. The third-order valence-corrected chi connectivity index (χ3v) is 9.97. The molecule has 3 saturated heterocycles. The second-order valence-electron chi connectivity index (χ2n) is 13.6. The van der Waals surface area contributed by atoms with Crippen LogP contribution in [0.4, 0.5) is 32.2 Å². The first-order valence-electron chi connectivity index (χ1n) is 17.9. The van der Waals surface area contributed by atoms with Gasteiger partial charge in [-0.3, -0.25) is 24.5 Å². The summed E-state index contributed by atoms with van der Waals surface area (Å²) in [5, 5.41) is 7.23. The molecule has 0 aromatic carbocycles. The fraction of sp³-hybridized carbons (Fsp3) is 0.514. The van der Waals surface area contributed by atoms with Crippen molar-refractivity contribution >= 4 is 48.0 Å². The zero-order chi connectivity index (χ0) is 38.9. The van der Waals surface area contributed by atoms with Crippen LogP contribution in [-0.4, -0.2) is 88.5 Å². The van der Waals surface area contributed by atoms with Gasteiger partial charge in [0.25, 0.3) is 0 Å². The van der Waals surface area contributed by atoms with E-state index in [1.54, 1.807) is 6.20 Å². The highest BCUT2D eigenvalue weighted by atomic mass is 35.5. The number of halogens is 8. The Morgan fingerprint density at radius 2 is 1.34 bits per heavy atom. The smallest absolute Gasteiger partial charge is 0.399 e. The van der Waals surface area contributed by atoms with Gasteiger partial charge in [0.15, 0.2) is 5.78 Å². The van der Waals surface area contributed by atoms with Gasteiger partial charge in [-0.1, -0.05) is 5.16 Å². The van der Waals surface area contributed by atoms with Gasteiger partial charge in [0, 0.05) is 67.1 Å². The fourth-order valence-corrected chi connectivity index (χ4v) is 7.02. The van der Waals surface area contributed by atoms with Crippen molar-refractivity contribution in [3.8, 4) is 0 Å². The van der Waals surface area contributed by atoms with Gasteiger partial charge < -0.3 is 20.8 Å². The van der Waals surface area contributed by atoms with Crippen LogP contribution >= 0.6 is 24.8 Å². The van der Waals surface area contributed by atoms with E-state index in [0.717, 1.165) is 82.3 Å². The Morgan fingerprint density at radius 3 is 1.84 bits per heavy atom. The van der Waals surface area contributed by atoms with Gasteiger partial charge in [-0.15, -0.1) is 24.8 Å². The predicted molar refractivity (Wildman–Crippen MR) is 202 cm³/mol. The minimum absolute atomic E-state index is 0. The van der Waals surface area contributed by atoms with E-state index in [2.05, 4.69) is 30.3 Å². The van der Waals surface area contributed by atoms with Crippen molar-refractivity contribution in [3.05, 3.63) is 83.1 Å². The van der Waals surface area contributed by atoms with E-state index < -0.39 is 23.7 Å². The Hall–Kier alpha value is -4.06. The average molecular weight is 836 g/mol. The van der Waals surface area contributed by atoms with Gasteiger partial charge >= 0.3 is 12.4 Å². The number of nitrogens with two attached hydrogens (primary N) is 1. The highest BCUT2D eigenvalue weighted by Gasteiger charge is 2.35. The average Bonchev–Trinajstić information content (AvgIpc) is 3.17. The normalized spacial score (nSPS) is 17.8. The number of hydrogen-bond acceptors (Lipinski definition) is 10. The van der Waals surface area contributed by atoms with E-state index in [4.69, 9.17) is 10.6 Å². The first-order valence-corrected chi connectivity index (χ1v) is 17.9. The van der Waals surface area contributed by atoms with Gasteiger partial charge in [0.05, 0.1) is 5.71 Å². The number of pyridine rings is 3. The highest BCUT2D eigenvalue weighted by molar-refractivity contribution is 6.02. The molecule has 0 radical (unpaired) electrons. The fourth-order valence-electron chi connectivity index (χ4n) is 7.02. The number of nitrogens with one attached hydrogen (secondary N) is 1. The maximum atomic E-state index is 13.2. The maximum absolute atomic E-state index is 13.2. The van der Waals surface area contributed by atoms with Crippen molar-refractivity contribution in [2.75, 3.05) is 52.1 Å². The quantitative estimate of drug-likeness (QED) is 0.110. The van der Waals surface area contributed by atoms with Crippen LogP contribution in [0.25, 0.3) is 0 Å². The molecule has 0 atom stereocenters. The molecule has 56 heavy (non-hydrogen) atoms. The molecule has 0 spiro atoms. The number of oxime groups is 1. The lowest BCUT2D eigenvalue weighted by Gasteiger charge is -2.37. The van der Waals surface area contributed by atoms with Gasteiger partial charge in [-0.25, -0.2) is 4.98 Å². The van der Waals surface area contributed by atoms with Crippen LogP contribution in [0.5, 0.6) is 0 Å². The molecule has 6 heterocycles. The lowest BCUT2D eigenvalue weighted by Crippen LogP contribution is -2.46. The second kappa shape index (κ2) is 20.9. The maximum Gasteiger partial charge on any atom is 0.433 e. The van der Waals surface area contributed by atoms with Crippen molar-refractivity contribution < 1.29 is 40.8 Å². The SMILES string of the molecule is CON=C(c1ccc(C(F)(F)F)nc1)C1CCN(C(=O)C2CCN(Cc3ccnc(N)c3)CC2)CC1.Cl.Cl.O=C(c1ccc(C(F)(F)F)nc1)C1CCNCC1. The van der Waals surface area contributed by atoms with Crippen LogP contribution in [-0.2, 0) is 28.5 Å². The number of nitrogens with zero attached hydrogens (tertiary/aromatic N) is 6. The van der Waals surface area contributed by atoms with E-state index in [0.29, 0.717) is 43.0 Å². The molecule has 3 aromatic rings. The number of hydrogen-bond donors (Lipinski definition) is 2. The Balaban J connectivity index is 0.000000355.